The molecule has 1 fully saturated rings. The summed E-state index contributed by atoms with van der Waals surface area (Å²) in [5, 5.41) is 6.68. The Kier molecular flexibility index (Phi) is 6.19. The average molecular weight is 289 g/mol. The van der Waals surface area contributed by atoms with Gasteiger partial charge >= 0.3 is 0 Å². The molecule has 1 N–H and O–H groups in total. The first-order chi connectivity index (χ1) is 10.3. The molecule has 1 aromatic rings. The van der Waals surface area contributed by atoms with Crippen molar-refractivity contribution in [3.63, 3.8) is 0 Å². The Morgan fingerprint density at radius 1 is 1.19 bits per heavy atom. The van der Waals surface area contributed by atoms with Gasteiger partial charge in [0.05, 0.1) is 0 Å². The lowest BCUT2D eigenvalue weighted by Gasteiger charge is -2.08. The van der Waals surface area contributed by atoms with Gasteiger partial charge in [-0.05, 0) is 25.7 Å². The minimum Gasteiger partial charge on any atom is -0.356 e. The number of hydrogen-bond acceptors (Lipinski definition) is 4. The second kappa shape index (κ2) is 8.39. The molecule has 0 spiro atoms. The summed E-state index contributed by atoms with van der Waals surface area (Å²) in [6.45, 7) is 2.68. The van der Waals surface area contributed by atoms with Gasteiger partial charge in [0.15, 0.2) is 0 Å². The van der Waals surface area contributed by atoms with E-state index in [1.54, 1.807) is 6.92 Å². The van der Waals surface area contributed by atoms with Crippen LogP contribution in [0.5, 0.6) is 0 Å². The van der Waals surface area contributed by atoms with E-state index in [0.717, 1.165) is 44.2 Å². The van der Waals surface area contributed by atoms with Crippen molar-refractivity contribution in [1.82, 2.24) is 15.5 Å². The van der Waals surface area contributed by atoms with Gasteiger partial charge in [0, 0.05) is 25.5 Å². The van der Waals surface area contributed by atoms with Crippen molar-refractivity contribution < 1.29 is 9.32 Å². The Morgan fingerprint density at radius 2 is 2.05 bits per heavy atom. The van der Waals surface area contributed by atoms with E-state index in [-0.39, 0.29) is 5.91 Å². The van der Waals surface area contributed by atoms with E-state index in [1.165, 1.54) is 12.8 Å². The molecule has 5 heteroatoms. The zero-order valence-corrected chi connectivity index (χ0v) is 12.6. The third-order valence-corrected chi connectivity index (χ3v) is 3.43. The number of nitrogens with zero attached hydrogens (tertiary/aromatic N) is 2. The van der Waals surface area contributed by atoms with Crippen molar-refractivity contribution in [3.05, 3.63) is 29.9 Å². The van der Waals surface area contributed by atoms with E-state index in [2.05, 4.69) is 27.6 Å². The average Bonchev–Trinajstić information content (AvgIpc) is 2.91. The van der Waals surface area contributed by atoms with Gasteiger partial charge in [-0.15, -0.1) is 0 Å². The monoisotopic (exact) mass is 289 g/mol. The molecule has 0 bridgehead atoms. The Hall–Kier alpha value is -1.91. The molecular formula is C16H23N3O2. The van der Waals surface area contributed by atoms with Crippen LogP contribution in [0.2, 0.25) is 0 Å². The van der Waals surface area contributed by atoms with Gasteiger partial charge in [0.1, 0.15) is 0 Å². The molecule has 1 saturated heterocycles. The summed E-state index contributed by atoms with van der Waals surface area (Å²) in [5.41, 5.74) is 1.07. The highest BCUT2D eigenvalue weighted by atomic mass is 16.5. The third-order valence-electron chi connectivity index (χ3n) is 3.43. The van der Waals surface area contributed by atoms with Gasteiger partial charge in [0.2, 0.25) is 17.6 Å². The first-order valence-corrected chi connectivity index (χ1v) is 7.70. The molecule has 2 aliphatic rings. The quantitative estimate of drug-likeness (QED) is 0.862. The summed E-state index contributed by atoms with van der Waals surface area (Å²) in [6, 6.07) is 0. The first-order valence-electron chi connectivity index (χ1n) is 7.70. The molecule has 1 aromatic heterocycles. The molecular weight excluding hydrogens is 266 g/mol. The molecule has 1 aliphatic heterocycles. The van der Waals surface area contributed by atoms with E-state index in [0.29, 0.717) is 11.7 Å². The second-order valence-electron chi connectivity index (χ2n) is 5.29. The molecule has 0 unspecified atom stereocenters. The number of aromatic nitrogens is 2. The van der Waals surface area contributed by atoms with Gasteiger partial charge in [-0.2, -0.15) is 4.98 Å². The van der Waals surface area contributed by atoms with Crippen molar-refractivity contribution in [2.45, 2.75) is 51.9 Å². The van der Waals surface area contributed by atoms with Crippen LogP contribution in [0.1, 0.15) is 56.7 Å². The van der Waals surface area contributed by atoms with Gasteiger partial charge in [-0.3, -0.25) is 4.79 Å². The molecule has 2 heterocycles. The minimum absolute atomic E-state index is 0.231. The molecule has 114 valence electrons. The van der Waals surface area contributed by atoms with Crippen LogP contribution < -0.4 is 5.32 Å². The first kappa shape index (κ1) is 15.5. The number of allylic oxidation sites excluding steroid dienone is 4. The number of carbonyl (C=O) groups is 1. The number of carbonyl (C=O) groups excluding carboxylic acids is 1. The van der Waals surface area contributed by atoms with Crippen molar-refractivity contribution in [2.24, 2.45) is 0 Å². The molecule has 0 aromatic carbocycles. The van der Waals surface area contributed by atoms with Crippen LogP contribution in [0.25, 0.3) is 5.57 Å². The van der Waals surface area contributed by atoms with Crippen LogP contribution in [-0.4, -0.2) is 22.6 Å². The van der Waals surface area contributed by atoms with Crippen LogP contribution in [0.3, 0.4) is 0 Å². The summed E-state index contributed by atoms with van der Waals surface area (Å²) in [6.07, 6.45) is 13.9. The number of aryl methyl sites for hydroxylation is 1. The molecule has 21 heavy (non-hydrogen) atoms. The topological polar surface area (TPSA) is 68.0 Å². The van der Waals surface area contributed by atoms with Crippen LogP contribution in [0.4, 0.5) is 0 Å². The van der Waals surface area contributed by atoms with Gasteiger partial charge < -0.3 is 9.84 Å². The molecule has 5 nitrogen and oxygen atoms in total. The van der Waals surface area contributed by atoms with E-state index < -0.39 is 0 Å². The zero-order chi connectivity index (χ0) is 14.9. The van der Waals surface area contributed by atoms with Gasteiger partial charge in [-0.25, -0.2) is 0 Å². The molecule has 3 rings (SSSR count). The highest BCUT2D eigenvalue weighted by Crippen LogP contribution is 2.18. The van der Waals surface area contributed by atoms with Crippen molar-refractivity contribution >= 4 is 11.5 Å². The Labute approximate surface area is 125 Å². The highest BCUT2D eigenvalue weighted by molar-refractivity contribution is 5.75. The van der Waals surface area contributed by atoms with Crippen molar-refractivity contribution in [3.8, 4) is 0 Å². The van der Waals surface area contributed by atoms with Gasteiger partial charge in [0.25, 0.3) is 0 Å². The fourth-order valence-corrected chi connectivity index (χ4v) is 2.28. The Bertz CT molecular complexity index is 507. The molecule has 1 aliphatic carbocycles. The lowest BCUT2D eigenvalue weighted by atomic mass is 10.1. The van der Waals surface area contributed by atoms with E-state index >= 15 is 0 Å². The van der Waals surface area contributed by atoms with E-state index in [9.17, 15) is 4.79 Å². The lowest BCUT2D eigenvalue weighted by molar-refractivity contribution is -0.121. The maximum Gasteiger partial charge on any atom is 0.223 e. The Morgan fingerprint density at radius 3 is 2.76 bits per heavy atom. The highest BCUT2D eigenvalue weighted by Gasteiger charge is 2.07. The van der Waals surface area contributed by atoms with Crippen LogP contribution in [0.15, 0.2) is 22.8 Å². The summed E-state index contributed by atoms with van der Waals surface area (Å²) in [5.74, 6) is 1.54. The van der Waals surface area contributed by atoms with Crippen LogP contribution >= 0.6 is 0 Å². The SMILES string of the molecule is Cc1nc(C2=CCCC=C2)no1.O=C1CCCCCCN1. The maximum absolute atomic E-state index is 10.7. The van der Waals surface area contributed by atoms with E-state index in [1.807, 2.05) is 6.08 Å². The molecule has 0 atom stereocenters. The summed E-state index contributed by atoms with van der Waals surface area (Å²) >= 11 is 0. The predicted octanol–water partition coefficient (Wildman–Crippen LogP) is 3.18. The fourth-order valence-electron chi connectivity index (χ4n) is 2.28. The molecule has 1 amide bonds. The molecule has 0 saturated carbocycles. The zero-order valence-electron chi connectivity index (χ0n) is 12.6. The summed E-state index contributed by atoms with van der Waals surface area (Å²) < 4.78 is 4.88. The van der Waals surface area contributed by atoms with Crippen molar-refractivity contribution in [2.75, 3.05) is 6.54 Å². The number of amides is 1. The number of nitrogens with one attached hydrogen (secondary N) is 1. The normalized spacial score (nSPS) is 18.7. The van der Waals surface area contributed by atoms with Crippen molar-refractivity contribution in [1.29, 1.82) is 0 Å². The Balaban J connectivity index is 0.000000161. The van der Waals surface area contributed by atoms with E-state index in [4.69, 9.17) is 4.52 Å². The summed E-state index contributed by atoms with van der Waals surface area (Å²) in [4.78, 5) is 14.9. The standard InChI is InChI=1S/C9H10N2O.C7H13NO/c1-7-10-9(11-12-7)8-5-3-2-4-6-8;9-7-5-3-1-2-4-6-8-7/h3,5-6H,2,4H2,1H3;1-6H2,(H,8,9). The smallest absolute Gasteiger partial charge is 0.223 e. The minimum atomic E-state index is 0.231. The molecule has 0 radical (unpaired) electrons. The maximum atomic E-state index is 10.7. The predicted molar refractivity (Wildman–Crippen MR) is 81.5 cm³/mol. The largest absolute Gasteiger partial charge is 0.356 e. The third kappa shape index (κ3) is 5.53. The summed E-state index contributed by atoms with van der Waals surface area (Å²) in [7, 11) is 0. The fraction of sp³-hybridized carbons (Fsp3) is 0.562. The number of hydrogen-bond donors (Lipinski definition) is 1. The van der Waals surface area contributed by atoms with Gasteiger partial charge in [-0.1, -0.05) is 36.2 Å². The second-order valence-corrected chi connectivity index (χ2v) is 5.29. The van der Waals surface area contributed by atoms with Crippen LogP contribution in [-0.2, 0) is 4.79 Å². The number of rotatable bonds is 1. The lowest BCUT2D eigenvalue weighted by Crippen LogP contribution is -2.25. The van der Waals surface area contributed by atoms with Crippen LogP contribution in [0, 0.1) is 6.92 Å².